The van der Waals surface area contributed by atoms with E-state index in [-0.39, 0.29) is 0 Å². The van der Waals surface area contributed by atoms with E-state index in [2.05, 4.69) is 36.1 Å². The zero-order valence-electron chi connectivity index (χ0n) is 5.79. The van der Waals surface area contributed by atoms with E-state index in [0.29, 0.717) is 14.5 Å². The Morgan fingerprint density at radius 2 is 2.00 bits per heavy atom. The fourth-order valence-electron chi connectivity index (χ4n) is 1.11. The average Bonchev–Trinajstić information content (AvgIpc) is 2.34. The zero-order valence-corrected chi connectivity index (χ0v) is 7.51. The van der Waals surface area contributed by atoms with Crippen molar-refractivity contribution < 1.29 is 0 Å². The van der Waals surface area contributed by atoms with Gasteiger partial charge in [0.1, 0.15) is 0 Å². The summed E-state index contributed by atoms with van der Waals surface area (Å²) in [7, 11) is 0. The Kier molecular flexibility index (Phi) is 1.40. The summed E-state index contributed by atoms with van der Waals surface area (Å²) in [5.41, 5.74) is 1.45. The quantitative estimate of drug-likeness (QED) is 0.565. The predicted molar refractivity (Wildman–Crippen MR) is 45.6 cm³/mol. The molecule has 0 radical (unpaired) electrons. The van der Waals surface area contributed by atoms with Crippen molar-refractivity contribution >= 4 is 24.1 Å². The van der Waals surface area contributed by atoms with Gasteiger partial charge in [0.25, 0.3) is 0 Å². The normalized spacial score (nSPS) is 10.5. The molecule has 1 aromatic carbocycles. The molecule has 0 amide bonds. The van der Waals surface area contributed by atoms with Crippen molar-refractivity contribution in [3.05, 3.63) is 34.8 Å². The third kappa shape index (κ3) is 0.828. The molecule has 0 saturated heterocycles. The maximum absolute atomic E-state index is 2.34. The van der Waals surface area contributed by atoms with Crippen molar-refractivity contribution in [3.8, 4) is 0 Å². The number of hydrogen-bond donors (Lipinski definition) is 0. The molecular formula is C9H8Se. The molecule has 2 rings (SSSR count). The minimum absolute atomic E-state index is 0.612. The fraction of sp³-hybridized carbons (Fsp3) is 0.111. The van der Waals surface area contributed by atoms with Gasteiger partial charge in [-0.1, -0.05) is 0 Å². The van der Waals surface area contributed by atoms with Crippen molar-refractivity contribution in [1.82, 2.24) is 0 Å². The van der Waals surface area contributed by atoms with Crippen molar-refractivity contribution in [2.45, 2.75) is 6.92 Å². The molecule has 0 aliphatic rings. The average molecular weight is 195 g/mol. The summed E-state index contributed by atoms with van der Waals surface area (Å²) in [4.78, 5) is 2.34. The number of aryl methyl sites for hydroxylation is 1. The van der Waals surface area contributed by atoms with Crippen LogP contribution in [0.15, 0.2) is 29.2 Å². The molecule has 0 bridgehead atoms. The molecule has 0 fully saturated rings. The van der Waals surface area contributed by atoms with Gasteiger partial charge in [0.2, 0.25) is 0 Å². The third-order valence-corrected chi connectivity index (χ3v) is 3.94. The first-order valence-corrected chi connectivity index (χ1v) is 5.15. The van der Waals surface area contributed by atoms with Gasteiger partial charge >= 0.3 is 65.8 Å². The Bertz CT molecular complexity index is 346. The molecule has 10 heavy (non-hydrogen) atoms. The molecular weight excluding hydrogens is 187 g/mol. The van der Waals surface area contributed by atoms with Gasteiger partial charge in [0.05, 0.1) is 0 Å². The van der Waals surface area contributed by atoms with E-state index in [9.17, 15) is 0 Å². The Hall–Kier alpha value is -0.521. The van der Waals surface area contributed by atoms with E-state index in [1.807, 2.05) is 0 Å². The van der Waals surface area contributed by atoms with Crippen LogP contribution in [0.3, 0.4) is 0 Å². The van der Waals surface area contributed by atoms with E-state index in [0.717, 1.165) is 0 Å². The first-order valence-electron chi connectivity index (χ1n) is 3.31. The molecule has 0 unspecified atom stereocenters. The second kappa shape index (κ2) is 2.26. The van der Waals surface area contributed by atoms with Gasteiger partial charge in [0.15, 0.2) is 0 Å². The van der Waals surface area contributed by atoms with Crippen molar-refractivity contribution in [3.63, 3.8) is 0 Å². The van der Waals surface area contributed by atoms with Crippen LogP contribution in [0, 0.1) is 6.92 Å². The van der Waals surface area contributed by atoms with Crippen LogP contribution in [0.25, 0.3) is 9.65 Å². The molecule has 0 nitrogen and oxygen atoms in total. The van der Waals surface area contributed by atoms with E-state index in [4.69, 9.17) is 0 Å². The summed E-state index contributed by atoms with van der Waals surface area (Å²) in [6.45, 7) is 2.19. The van der Waals surface area contributed by atoms with E-state index >= 15 is 0 Å². The molecule has 0 aliphatic heterocycles. The molecule has 0 saturated carbocycles. The van der Waals surface area contributed by atoms with Gasteiger partial charge in [-0.05, 0) is 0 Å². The van der Waals surface area contributed by atoms with Gasteiger partial charge in [-0.25, -0.2) is 0 Å². The molecule has 1 aromatic heterocycles. The first kappa shape index (κ1) is 6.21. The van der Waals surface area contributed by atoms with Gasteiger partial charge in [-0.3, -0.25) is 0 Å². The minimum atomic E-state index is 0.612. The van der Waals surface area contributed by atoms with Gasteiger partial charge < -0.3 is 0 Å². The Morgan fingerprint density at radius 3 is 2.80 bits per heavy atom. The van der Waals surface area contributed by atoms with Gasteiger partial charge in [0, 0.05) is 0 Å². The SMILES string of the molecule is Cc1c[se]c2ccccc12. The second-order valence-corrected chi connectivity index (χ2v) is 4.33. The van der Waals surface area contributed by atoms with Crippen molar-refractivity contribution in [2.75, 3.05) is 0 Å². The monoisotopic (exact) mass is 196 g/mol. The van der Waals surface area contributed by atoms with Crippen molar-refractivity contribution in [2.24, 2.45) is 0 Å². The Balaban J connectivity index is 2.93. The molecule has 0 aliphatic carbocycles. The summed E-state index contributed by atoms with van der Waals surface area (Å²) in [5, 5.41) is 1.46. The summed E-state index contributed by atoms with van der Waals surface area (Å²) in [6, 6.07) is 8.66. The summed E-state index contributed by atoms with van der Waals surface area (Å²) in [5.74, 6) is 0. The second-order valence-electron chi connectivity index (χ2n) is 2.41. The summed E-state index contributed by atoms with van der Waals surface area (Å²) < 4.78 is 1.53. The summed E-state index contributed by atoms with van der Waals surface area (Å²) in [6.07, 6.45) is 0. The molecule has 0 atom stereocenters. The third-order valence-electron chi connectivity index (χ3n) is 1.67. The van der Waals surface area contributed by atoms with E-state index < -0.39 is 0 Å². The van der Waals surface area contributed by atoms with Gasteiger partial charge in [-0.2, -0.15) is 0 Å². The Labute approximate surface area is 66.2 Å². The zero-order chi connectivity index (χ0) is 6.97. The molecule has 50 valence electrons. The van der Waals surface area contributed by atoms with E-state index in [1.54, 1.807) is 0 Å². The molecule has 2 aromatic rings. The van der Waals surface area contributed by atoms with Crippen LogP contribution >= 0.6 is 0 Å². The molecule has 1 heterocycles. The van der Waals surface area contributed by atoms with Crippen molar-refractivity contribution in [1.29, 1.82) is 0 Å². The van der Waals surface area contributed by atoms with Crippen LogP contribution in [0.1, 0.15) is 5.56 Å². The van der Waals surface area contributed by atoms with E-state index in [1.165, 1.54) is 15.2 Å². The van der Waals surface area contributed by atoms with Crippen LogP contribution in [0.2, 0.25) is 0 Å². The molecule has 0 N–H and O–H groups in total. The Morgan fingerprint density at radius 1 is 1.20 bits per heavy atom. The van der Waals surface area contributed by atoms with Crippen LogP contribution in [0.5, 0.6) is 0 Å². The number of fused-ring (bicyclic) bond motifs is 1. The fourth-order valence-corrected chi connectivity index (χ4v) is 3.09. The number of hydrogen-bond acceptors (Lipinski definition) is 0. The van der Waals surface area contributed by atoms with Crippen LogP contribution in [-0.2, 0) is 0 Å². The summed E-state index contributed by atoms with van der Waals surface area (Å²) >= 11 is 0.612. The van der Waals surface area contributed by atoms with Crippen LogP contribution in [0.4, 0.5) is 0 Å². The number of benzene rings is 1. The molecule has 0 spiro atoms. The topological polar surface area (TPSA) is 0 Å². The predicted octanol–water partition coefficient (Wildman–Crippen LogP) is 2.21. The van der Waals surface area contributed by atoms with Gasteiger partial charge in [-0.15, -0.1) is 0 Å². The first-order chi connectivity index (χ1) is 4.88. The standard InChI is InChI=1S/C9H8Se/c1-7-6-10-9-5-3-2-4-8(7)9/h2-6H,1H3. The maximum atomic E-state index is 2.34. The van der Waals surface area contributed by atoms with Crippen LogP contribution < -0.4 is 0 Å². The number of rotatable bonds is 0. The van der Waals surface area contributed by atoms with Crippen LogP contribution in [-0.4, -0.2) is 14.5 Å². The molecule has 1 heteroatoms.